The lowest BCUT2D eigenvalue weighted by atomic mass is 10.5. The summed E-state index contributed by atoms with van der Waals surface area (Å²) in [6, 6.07) is 1.80. The molecule has 0 aliphatic carbocycles. The molecular formula is C10H18N4O2. The molecule has 90 valence electrons. The molecule has 0 radical (unpaired) electrons. The molecule has 1 aromatic heterocycles. The van der Waals surface area contributed by atoms with Crippen LogP contribution in [0.15, 0.2) is 12.3 Å². The van der Waals surface area contributed by atoms with Gasteiger partial charge in [-0.3, -0.25) is 0 Å². The molecule has 1 rings (SSSR count). The van der Waals surface area contributed by atoms with E-state index in [-0.39, 0.29) is 6.61 Å². The second-order valence-corrected chi connectivity index (χ2v) is 3.06. The van der Waals surface area contributed by atoms with Crippen LogP contribution in [0.3, 0.4) is 0 Å². The van der Waals surface area contributed by atoms with Crippen molar-refractivity contribution in [1.29, 1.82) is 0 Å². The summed E-state index contributed by atoms with van der Waals surface area (Å²) in [6.07, 6.45) is 1.70. The van der Waals surface area contributed by atoms with Crippen molar-refractivity contribution in [3.63, 3.8) is 0 Å². The molecule has 0 bridgehead atoms. The Morgan fingerprint density at radius 1 is 1.38 bits per heavy atom. The van der Waals surface area contributed by atoms with Crippen molar-refractivity contribution in [2.24, 2.45) is 0 Å². The van der Waals surface area contributed by atoms with Crippen LogP contribution in [0.4, 0.5) is 11.8 Å². The smallest absolute Gasteiger partial charge is 0.224 e. The van der Waals surface area contributed by atoms with Gasteiger partial charge in [0.2, 0.25) is 5.95 Å². The van der Waals surface area contributed by atoms with Crippen LogP contribution in [-0.4, -0.2) is 48.0 Å². The first kappa shape index (κ1) is 12.7. The second-order valence-electron chi connectivity index (χ2n) is 3.06. The van der Waals surface area contributed by atoms with Gasteiger partial charge in [-0.15, -0.1) is 0 Å². The van der Waals surface area contributed by atoms with E-state index < -0.39 is 0 Å². The number of hydrogen-bond acceptors (Lipinski definition) is 6. The lowest BCUT2D eigenvalue weighted by Gasteiger charge is -2.07. The molecule has 6 nitrogen and oxygen atoms in total. The highest BCUT2D eigenvalue weighted by atomic mass is 16.5. The number of hydrogen-bond donors (Lipinski definition) is 3. The van der Waals surface area contributed by atoms with Crippen molar-refractivity contribution in [3.05, 3.63) is 12.3 Å². The van der Waals surface area contributed by atoms with Crippen LogP contribution in [0.5, 0.6) is 0 Å². The Hall–Kier alpha value is -1.40. The summed E-state index contributed by atoms with van der Waals surface area (Å²) in [4.78, 5) is 8.30. The molecule has 0 aromatic carbocycles. The Bertz CT molecular complexity index is 296. The fourth-order valence-corrected chi connectivity index (χ4v) is 1.12. The summed E-state index contributed by atoms with van der Waals surface area (Å²) >= 11 is 0. The maximum absolute atomic E-state index is 8.50. The maximum Gasteiger partial charge on any atom is 0.224 e. The van der Waals surface area contributed by atoms with Crippen LogP contribution in [-0.2, 0) is 4.74 Å². The highest BCUT2D eigenvalue weighted by molar-refractivity contribution is 5.39. The summed E-state index contributed by atoms with van der Waals surface area (Å²) in [7, 11) is 0. The number of anilines is 2. The molecule has 16 heavy (non-hydrogen) atoms. The Balaban J connectivity index is 2.27. The topological polar surface area (TPSA) is 79.3 Å². The minimum absolute atomic E-state index is 0.0536. The van der Waals surface area contributed by atoms with Gasteiger partial charge in [-0.25, -0.2) is 4.98 Å². The predicted molar refractivity (Wildman–Crippen MR) is 62.6 cm³/mol. The first-order valence-electron chi connectivity index (χ1n) is 5.36. The number of rotatable bonds is 8. The Morgan fingerprint density at radius 3 is 3.00 bits per heavy atom. The fraction of sp³-hybridized carbons (Fsp3) is 0.600. The molecule has 0 fully saturated rings. The summed E-state index contributed by atoms with van der Waals surface area (Å²) in [5, 5.41) is 14.6. The van der Waals surface area contributed by atoms with E-state index in [4.69, 9.17) is 9.84 Å². The first-order valence-corrected chi connectivity index (χ1v) is 5.36. The number of nitrogens with zero attached hydrogens (tertiary/aromatic N) is 2. The van der Waals surface area contributed by atoms with E-state index in [1.54, 1.807) is 12.3 Å². The molecule has 0 amide bonds. The first-order chi connectivity index (χ1) is 7.86. The van der Waals surface area contributed by atoms with Crippen LogP contribution in [0.2, 0.25) is 0 Å². The average Bonchev–Trinajstić information content (AvgIpc) is 2.30. The van der Waals surface area contributed by atoms with Gasteiger partial charge in [-0.2, -0.15) is 4.98 Å². The zero-order chi connectivity index (χ0) is 11.6. The largest absolute Gasteiger partial charge is 0.394 e. The summed E-state index contributed by atoms with van der Waals surface area (Å²) in [5.41, 5.74) is 0. The van der Waals surface area contributed by atoms with Crippen molar-refractivity contribution in [2.75, 3.05) is 43.5 Å². The van der Waals surface area contributed by atoms with Crippen molar-refractivity contribution in [2.45, 2.75) is 6.92 Å². The van der Waals surface area contributed by atoms with Crippen molar-refractivity contribution in [3.8, 4) is 0 Å². The number of aliphatic hydroxyl groups is 1. The number of ether oxygens (including phenoxy) is 1. The highest BCUT2D eigenvalue weighted by Gasteiger charge is 1.96. The van der Waals surface area contributed by atoms with E-state index in [1.165, 1.54) is 0 Å². The van der Waals surface area contributed by atoms with Crippen LogP contribution < -0.4 is 10.6 Å². The molecule has 0 saturated carbocycles. The van der Waals surface area contributed by atoms with Crippen molar-refractivity contribution >= 4 is 11.8 Å². The molecule has 0 atom stereocenters. The number of nitrogens with one attached hydrogen (secondary N) is 2. The SMILES string of the molecule is CCNc1nccc(NCCOCCO)n1. The Kier molecular flexibility index (Phi) is 6.20. The van der Waals surface area contributed by atoms with Crippen molar-refractivity contribution in [1.82, 2.24) is 9.97 Å². The maximum atomic E-state index is 8.50. The van der Waals surface area contributed by atoms with Gasteiger partial charge >= 0.3 is 0 Å². The van der Waals surface area contributed by atoms with Gasteiger partial charge in [-0.05, 0) is 13.0 Å². The van der Waals surface area contributed by atoms with Gasteiger partial charge in [0.05, 0.1) is 19.8 Å². The van der Waals surface area contributed by atoms with Gasteiger partial charge < -0.3 is 20.5 Å². The molecule has 1 aromatic rings. The molecule has 0 unspecified atom stereocenters. The molecule has 3 N–H and O–H groups in total. The highest BCUT2D eigenvalue weighted by Crippen LogP contribution is 2.04. The van der Waals surface area contributed by atoms with Gasteiger partial charge in [-0.1, -0.05) is 0 Å². The van der Waals surface area contributed by atoms with E-state index in [9.17, 15) is 0 Å². The van der Waals surface area contributed by atoms with E-state index in [1.807, 2.05) is 6.92 Å². The normalized spacial score (nSPS) is 10.1. The summed E-state index contributed by atoms with van der Waals surface area (Å²) in [6.45, 7) is 4.41. The lowest BCUT2D eigenvalue weighted by molar-refractivity contribution is 0.0992. The molecule has 6 heteroatoms. The van der Waals surface area contributed by atoms with E-state index >= 15 is 0 Å². The van der Waals surface area contributed by atoms with Gasteiger partial charge in [0.1, 0.15) is 5.82 Å². The second kappa shape index (κ2) is 7.84. The Morgan fingerprint density at radius 2 is 2.25 bits per heavy atom. The standard InChI is InChI=1S/C10H18N4O2/c1-2-11-10-13-4-3-9(14-10)12-5-7-16-8-6-15/h3-4,15H,2,5-8H2,1H3,(H2,11,12,13,14). The molecule has 0 aliphatic rings. The lowest BCUT2D eigenvalue weighted by Crippen LogP contribution is -2.13. The molecule has 0 aliphatic heterocycles. The van der Waals surface area contributed by atoms with Crippen LogP contribution >= 0.6 is 0 Å². The molecule has 0 saturated heterocycles. The zero-order valence-electron chi connectivity index (χ0n) is 9.44. The third-order valence-electron chi connectivity index (χ3n) is 1.78. The quantitative estimate of drug-likeness (QED) is 0.554. The Labute approximate surface area is 95.1 Å². The summed E-state index contributed by atoms with van der Waals surface area (Å²) in [5.74, 6) is 1.38. The van der Waals surface area contributed by atoms with Crippen LogP contribution in [0.25, 0.3) is 0 Å². The zero-order valence-corrected chi connectivity index (χ0v) is 9.44. The minimum atomic E-state index is 0.0536. The van der Waals surface area contributed by atoms with Gasteiger partial charge in [0.25, 0.3) is 0 Å². The van der Waals surface area contributed by atoms with E-state index in [0.29, 0.717) is 25.7 Å². The third-order valence-corrected chi connectivity index (χ3v) is 1.78. The predicted octanol–water partition coefficient (Wildman–Crippen LogP) is 0.329. The molecular weight excluding hydrogens is 208 g/mol. The monoisotopic (exact) mass is 226 g/mol. The molecule has 1 heterocycles. The molecule has 0 spiro atoms. The van der Waals surface area contributed by atoms with E-state index in [2.05, 4.69) is 20.6 Å². The van der Waals surface area contributed by atoms with E-state index in [0.717, 1.165) is 12.4 Å². The number of aromatic nitrogens is 2. The van der Waals surface area contributed by atoms with Gasteiger partial charge in [0, 0.05) is 19.3 Å². The number of aliphatic hydroxyl groups excluding tert-OH is 1. The third kappa shape index (κ3) is 4.90. The van der Waals surface area contributed by atoms with Crippen LogP contribution in [0, 0.1) is 0 Å². The fourth-order valence-electron chi connectivity index (χ4n) is 1.12. The van der Waals surface area contributed by atoms with Crippen LogP contribution in [0.1, 0.15) is 6.92 Å². The minimum Gasteiger partial charge on any atom is -0.394 e. The van der Waals surface area contributed by atoms with Crippen molar-refractivity contribution < 1.29 is 9.84 Å². The average molecular weight is 226 g/mol. The van der Waals surface area contributed by atoms with Gasteiger partial charge in [0.15, 0.2) is 0 Å². The summed E-state index contributed by atoms with van der Waals surface area (Å²) < 4.78 is 5.11.